The first-order valence-corrected chi connectivity index (χ1v) is 7.92. The van der Waals surface area contributed by atoms with Gasteiger partial charge in [-0.05, 0) is 24.2 Å². The molecule has 2 rings (SSSR count). The molecule has 1 fully saturated rings. The van der Waals surface area contributed by atoms with Crippen LogP contribution in [0.5, 0.6) is 11.5 Å². The summed E-state index contributed by atoms with van der Waals surface area (Å²) in [5.74, 6) is 2.49. The Kier molecular flexibility index (Phi) is 5.51. The van der Waals surface area contributed by atoms with Crippen molar-refractivity contribution in [2.75, 3.05) is 33.3 Å². The second-order valence-electron chi connectivity index (χ2n) is 4.56. The Bertz CT molecular complexity index is 482. The van der Waals surface area contributed by atoms with Crippen molar-refractivity contribution in [2.24, 2.45) is 0 Å². The van der Waals surface area contributed by atoms with Gasteiger partial charge in [-0.2, -0.15) is 0 Å². The summed E-state index contributed by atoms with van der Waals surface area (Å²) in [6, 6.07) is 6.00. The largest absolute Gasteiger partial charge is 0.493 e. The Hall–Kier alpha value is -0.980. The topological polar surface area (TPSA) is 24.9 Å². The van der Waals surface area contributed by atoms with Gasteiger partial charge in [-0.3, -0.25) is 4.90 Å². The lowest BCUT2D eigenvalue weighted by atomic mass is 10.2. The number of hydrogen-bond acceptors (Lipinski definition) is 5. The monoisotopic (exact) mass is 312 g/mol. The van der Waals surface area contributed by atoms with Gasteiger partial charge in [0, 0.05) is 6.54 Å². The molecule has 1 aliphatic heterocycles. The van der Waals surface area contributed by atoms with Crippen molar-refractivity contribution in [1.29, 1.82) is 0 Å². The standard InChI is InChI=1S/C14H20N2O2S2/c1-4-15-9-16(14(19)20-10-15)8-11-5-6-12(17-2)13(7-11)18-3/h5-7H,4,8-10H2,1-3H3. The van der Waals surface area contributed by atoms with E-state index in [0.717, 1.165) is 41.5 Å². The van der Waals surface area contributed by atoms with E-state index in [1.54, 1.807) is 26.0 Å². The molecule has 0 aliphatic carbocycles. The second-order valence-corrected chi connectivity index (χ2v) is 6.13. The Balaban J connectivity index is 2.10. The second kappa shape index (κ2) is 7.15. The summed E-state index contributed by atoms with van der Waals surface area (Å²) in [4.78, 5) is 4.58. The van der Waals surface area contributed by atoms with Gasteiger partial charge in [0.05, 0.1) is 26.8 Å². The van der Waals surface area contributed by atoms with Crippen molar-refractivity contribution in [3.63, 3.8) is 0 Å². The van der Waals surface area contributed by atoms with Crippen molar-refractivity contribution in [3.8, 4) is 11.5 Å². The number of ether oxygens (including phenoxy) is 2. The summed E-state index contributed by atoms with van der Waals surface area (Å²) in [6.45, 7) is 4.89. The normalized spacial score (nSPS) is 16.4. The fraction of sp³-hybridized carbons (Fsp3) is 0.500. The zero-order valence-corrected chi connectivity index (χ0v) is 13.7. The summed E-state index contributed by atoms with van der Waals surface area (Å²) < 4.78 is 11.6. The molecule has 0 atom stereocenters. The molecular formula is C14H20N2O2S2. The quantitative estimate of drug-likeness (QED) is 0.775. The van der Waals surface area contributed by atoms with Gasteiger partial charge in [0.1, 0.15) is 4.32 Å². The van der Waals surface area contributed by atoms with E-state index in [1.807, 2.05) is 12.1 Å². The molecule has 0 aromatic heterocycles. The molecular weight excluding hydrogens is 292 g/mol. The van der Waals surface area contributed by atoms with E-state index in [9.17, 15) is 0 Å². The molecule has 0 N–H and O–H groups in total. The molecule has 1 aromatic rings. The van der Waals surface area contributed by atoms with E-state index in [0.29, 0.717) is 0 Å². The molecule has 1 saturated heterocycles. The SMILES string of the molecule is CCN1CSC(=S)N(Cc2ccc(OC)c(OC)c2)C1. The molecule has 4 nitrogen and oxygen atoms in total. The first-order valence-electron chi connectivity index (χ1n) is 6.53. The Morgan fingerprint density at radius 3 is 2.65 bits per heavy atom. The van der Waals surface area contributed by atoms with Crippen LogP contribution >= 0.6 is 24.0 Å². The molecule has 1 heterocycles. The molecule has 1 aliphatic rings. The minimum absolute atomic E-state index is 0.752. The molecule has 0 radical (unpaired) electrons. The van der Waals surface area contributed by atoms with Crippen LogP contribution in [-0.4, -0.2) is 47.4 Å². The Labute approximate surface area is 130 Å². The van der Waals surface area contributed by atoms with Gasteiger partial charge in [-0.1, -0.05) is 37.0 Å². The molecule has 0 spiro atoms. The molecule has 0 saturated carbocycles. The fourth-order valence-electron chi connectivity index (χ4n) is 2.08. The van der Waals surface area contributed by atoms with Crippen molar-refractivity contribution in [3.05, 3.63) is 23.8 Å². The fourth-order valence-corrected chi connectivity index (χ4v) is 3.23. The van der Waals surface area contributed by atoms with Gasteiger partial charge in [0.25, 0.3) is 0 Å². The highest BCUT2D eigenvalue weighted by molar-refractivity contribution is 8.22. The third kappa shape index (κ3) is 3.56. The molecule has 6 heteroatoms. The maximum absolute atomic E-state index is 5.44. The van der Waals surface area contributed by atoms with Gasteiger partial charge in [-0.15, -0.1) is 0 Å². The van der Waals surface area contributed by atoms with Crippen LogP contribution in [0.25, 0.3) is 0 Å². The van der Waals surface area contributed by atoms with Gasteiger partial charge in [0.15, 0.2) is 11.5 Å². The maximum Gasteiger partial charge on any atom is 0.161 e. The summed E-state index contributed by atoms with van der Waals surface area (Å²) in [5.41, 5.74) is 1.17. The van der Waals surface area contributed by atoms with Crippen LogP contribution in [0.4, 0.5) is 0 Å². The number of methoxy groups -OCH3 is 2. The highest BCUT2D eigenvalue weighted by atomic mass is 32.2. The lowest BCUT2D eigenvalue weighted by Crippen LogP contribution is -2.44. The zero-order chi connectivity index (χ0) is 14.5. The highest BCUT2D eigenvalue weighted by Gasteiger charge is 2.20. The highest BCUT2D eigenvalue weighted by Crippen LogP contribution is 2.29. The van der Waals surface area contributed by atoms with E-state index in [-0.39, 0.29) is 0 Å². The predicted octanol–water partition coefficient (Wildman–Crippen LogP) is 2.77. The Morgan fingerprint density at radius 1 is 1.25 bits per heavy atom. The van der Waals surface area contributed by atoms with Gasteiger partial charge in [-0.25, -0.2) is 0 Å². The van der Waals surface area contributed by atoms with Crippen molar-refractivity contribution in [2.45, 2.75) is 13.5 Å². The summed E-state index contributed by atoms with van der Waals surface area (Å²) in [7, 11) is 3.30. The molecule has 20 heavy (non-hydrogen) atoms. The number of nitrogens with zero attached hydrogens (tertiary/aromatic N) is 2. The van der Waals surface area contributed by atoms with Crippen LogP contribution < -0.4 is 9.47 Å². The van der Waals surface area contributed by atoms with Crippen LogP contribution in [0.2, 0.25) is 0 Å². The number of hydrogen-bond donors (Lipinski definition) is 0. The Morgan fingerprint density at radius 2 is 2.00 bits per heavy atom. The van der Waals surface area contributed by atoms with Gasteiger partial charge in [0.2, 0.25) is 0 Å². The predicted molar refractivity (Wildman–Crippen MR) is 87.4 cm³/mol. The molecule has 110 valence electrons. The zero-order valence-electron chi connectivity index (χ0n) is 12.1. The van der Waals surface area contributed by atoms with Crippen LogP contribution in [0.15, 0.2) is 18.2 Å². The van der Waals surface area contributed by atoms with Gasteiger partial charge < -0.3 is 14.4 Å². The molecule has 0 amide bonds. The van der Waals surface area contributed by atoms with Gasteiger partial charge >= 0.3 is 0 Å². The van der Waals surface area contributed by atoms with Crippen molar-refractivity contribution >= 4 is 28.3 Å². The van der Waals surface area contributed by atoms with E-state index < -0.39 is 0 Å². The van der Waals surface area contributed by atoms with Crippen molar-refractivity contribution in [1.82, 2.24) is 9.80 Å². The minimum Gasteiger partial charge on any atom is -0.493 e. The number of thiocarbonyl (C=S) groups is 1. The van der Waals surface area contributed by atoms with E-state index in [1.165, 1.54) is 5.56 Å². The first kappa shape index (κ1) is 15.4. The minimum atomic E-state index is 0.752. The third-order valence-corrected chi connectivity index (χ3v) is 4.88. The number of benzene rings is 1. The maximum atomic E-state index is 5.44. The molecule has 1 aromatic carbocycles. The lowest BCUT2D eigenvalue weighted by molar-refractivity contribution is 0.216. The van der Waals surface area contributed by atoms with Crippen LogP contribution in [0.3, 0.4) is 0 Å². The summed E-state index contributed by atoms with van der Waals surface area (Å²) in [6.07, 6.45) is 0. The summed E-state index contributed by atoms with van der Waals surface area (Å²) in [5, 5.41) is 0. The average molecular weight is 312 g/mol. The number of rotatable bonds is 5. The van der Waals surface area contributed by atoms with Crippen LogP contribution in [0.1, 0.15) is 12.5 Å². The lowest BCUT2D eigenvalue weighted by Gasteiger charge is -2.36. The van der Waals surface area contributed by atoms with E-state index in [4.69, 9.17) is 21.7 Å². The van der Waals surface area contributed by atoms with Crippen molar-refractivity contribution < 1.29 is 9.47 Å². The van der Waals surface area contributed by atoms with Crippen LogP contribution in [-0.2, 0) is 6.54 Å². The average Bonchev–Trinajstić information content (AvgIpc) is 2.49. The molecule has 0 bridgehead atoms. The summed E-state index contributed by atoms with van der Waals surface area (Å²) >= 11 is 7.17. The van der Waals surface area contributed by atoms with Crippen LogP contribution in [0, 0.1) is 0 Å². The number of thioether (sulfide) groups is 1. The van der Waals surface area contributed by atoms with E-state index in [2.05, 4.69) is 22.8 Å². The first-order chi connectivity index (χ1) is 9.67. The molecule has 0 unspecified atom stereocenters. The van der Waals surface area contributed by atoms with E-state index >= 15 is 0 Å². The smallest absolute Gasteiger partial charge is 0.161 e. The third-order valence-electron chi connectivity index (χ3n) is 3.27.